The van der Waals surface area contributed by atoms with Crippen LogP contribution in [0.25, 0.3) is 21.5 Å². The minimum atomic E-state index is -4.67. The Balaban J connectivity index is 1.75. The molecule has 0 radical (unpaired) electrons. The Labute approximate surface area is 168 Å². The number of nitrogens with one attached hydrogen (secondary N) is 1. The fourth-order valence-corrected chi connectivity index (χ4v) is 3.31. The summed E-state index contributed by atoms with van der Waals surface area (Å²) in [6, 6.07) is 19.7. The number of fused-ring (bicyclic) bond motifs is 2. The number of rotatable bonds is 4. The van der Waals surface area contributed by atoms with E-state index >= 15 is 0 Å². The van der Waals surface area contributed by atoms with E-state index in [0.717, 1.165) is 39.2 Å². The van der Waals surface area contributed by atoms with Gasteiger partial charge in [-0.05, 0) is 39.7 Å². The number of alkyl halides is 3. The standard InChI is InChI=1S/C22H14F3N3O2/c23-22(24,25)16-9-10-20(21(12-16)28(29)30)27-26-13-19-17-7-3-1-5-14(17)11-15-6-2-4-8-18(15)19/h1-13,27H. The zero-order valence-electron chi connectivity index (χ0n) is 15.4. The average molecular weight is 409 g/mol. The molecule has 0 atom stereocenters. The highest BCUT2D eigenvalue weighted by atomic mass is 19.4. The number of hydrazone groups is 1. The molecule has 150 valence electrons. The van der Waals surface area contributed by atoms with Gasteiger partial charge in [-0.3, -0.25) is 15.5 Å². The molecule has 0 aliphatic heterocycles. The van der Waals surface area contributed by atoms with Crippen LogP contribution in [0.3, 0.4) is 0 Å². The lowest BCUT2D eigenvalue weighted by Gasteiger charge is -2.09. The number of hydrogen-bond acceptors (Lipinski definition) is 4. The van der Waals surface area contributed by atoms with Crippen molar-refractivity contribution in [3.05, 3.63) is 94.0 Å². The van der Waals surface area contributed by atoms with Crippen LogP contribution in [0.1, 0.15) is 11.1 Å². The van der Waals surface area contributed by atoms with Crippen molar-refractivity contribution in [1.82, 2.24) is 0 Å². The van der Waals surface area contributed by atoms with E-state index in [-0.39, 0.29) is 5.69 Å². The third-order valence-corrected chi connectivity index (χ3v) is 4.71. The third-order valence-electron chi connectivity index (χ3n) is 4.71. The summed E-state index contributed by atoms with van der Waals surface area (Å²) in [6.07, 6.45) is -3.15. The first-order chi connectivity index (χ1) is 14.3. The van der Waals surface area contributed by atoms with Crippen molar-refractivity contribution in [3.63, 3.8) is 0 Å². The summed E-state index contributed by atoms with van der Waals surface area (Å²) in [6.45, 7) is 0. The third kappa shape index (κ3) is 3.67. The van der Waals surface area contributed by atoms with Gasteiger partial charge < -0.3 is 0 Å². The predicted molar refractivity (Wildman–Crippen MR) is 111 cm³/mol. The van der Waals surface area contributed by atoms with Crippen molar-refractivity contribution in [3.8, 4) is 0 Å². The molecule has 5 nitrogen and oxygen atoms in total. The molecule has 0 unspecified atom stereocenters. The van der Waals surface area contributed by atoms with Crippen molar-refractivity contribution in [2.45, 2.75) is 6.18 Å². The molecule has 8 heteroatoms. The smallest absolute Gasteiger partial charge is 0.272 e. The van der Waals surface area contributed by atoms with Crippen LogP contribution in [0, 0.1) is 10.1 Å². The van der Waals surface area contributed by atoms with Crippen molar-refractivity contribution in [2.75, 3.05) is 5.43 Å². The number of nitro groups is 1. The van der Waals surface area contributed by atoms with E-state index in [4.69, 9.17) is 0 Å². The van der Waals surface area contributed by atoms with Gasteiger partial charge in [0.2, 0.25) is 0 Å². The van der Waals surface area contributed by atoms with E-state index in [9.17, 15) is 23.3 Å². The maximum atomic E-state index is 12.9. The topological polar surface area (TPSA) is 67.5 Å². The van der Waals surface area contributed by atoms with Crippen LogP contribution in [0.2, 0.25) is 0 Å². The van der Waals surface area contributed by atoms with Gasteiger partial charge in [-0.25, -0.2) is 0 Å². The van der Waals surface area contributed by atoms with E-state index in [2.05, 4.69) is 16.6 Å². The van der Waals surface area contributed by atoms with Gasteiger partial charge >= 0.3 is 6.18 Å². The summed E-state index contributed by atoms with van der Waals surface area (Å²) in [7, 11) is 0. The second kappa shape index (κ2) is 7.47. The minimum absolute atomic E-state index is 0.131. The number of benzene rings is 4. The van der Waals surface area contributed by atoms with Crippen LogP contribution < -0.4 is 5.43 Å². The molecule has 0 bridgehead atoms. The molecule has 0 fully saturated rings. The number of nitrogens with zero attached hydrogens (tertiary/aromatic N) is 2. The van der Waals surface area contributed by atoms with Gasteiger partial charge in [0.15, 0.2) is 0 Å². The van der Waals surface area contributed by atoms with Gasteiger partial charge in [0.05, 0.1) is 16.7 Å². The number of halogens is 3. The normalized spacial score (nSPS) is 12.0. The number of nitro benzene ring substituents is 1. The summed E-state index contributed by atoms with van der Waals surface area (Å²) < 4.78 is 38.6. The number of hydrogen-bond donors (Lipinski definition) is 1. The zero-order valence-corrected chi connectivity index (χ0v) is 15.4. The summed E-state index contributed by atoms with van der Waals surface area (Å²) in [4.78, 5) is 10.4. The molecule has 0 amide bonds. The Hall–Kier alpha value is -3.94. The van der Waals surface area contributed by atoms with Crippen LogP contribution >= 0.6 is 0 Å². The van der Waals surface area contributed by atoms with E-state index in [1.54, 1.807) is 0 Å². The molecule has 4 aromatic carbocycles. The molecule has 30 heavy (non-hydrogen) atoms. The molecule has 0 aromatic heterocycles. The van der Waals surface area contributed by atoms with Crippen molar-refractivity contribution in [2.24, 2.45) is 5.10 Å². The Morgan fingerprint density at radius 1 is 0.900 bits per heavy atom. The molecular weight excluding hydrogens is 395 g/mol. The van der Waals surface area contributed by atoms with Crippen LogP contribution in [0.5, 0.6) is 0 Å². The largest absolute Gasteiger partial charge is 0.416 e. The molecule has 0 saturated heterocycles. The minimum Gasteiger partial charge on any atom is -0.272 e. The lowest BCUT2D eigenvalue weighted by atomic mass is 9.97. The highest BCUT2D eigenvalue weighted by Gasteiger charge is 2.33. The monoisotopic (exact) mass is 409 g/mol. The molecule has 4 aromatic rings. The van der Waals surface area contributed by atoms with E-state index in [1.807, 2.05) is 48.5 Å². The molecule has 0 spiro atoms. The molecule has 0 saturated carbocycles. The Bertz CT molecular complexity index is 1250. The second-order valence-electron chi connectivity index (χ2n) is 6.59. The van der Waals surface area contributed by atoms with Gasteiger partial charge in [-0.1, -0.05) is 48.5 Å². The quantitative estimate of drug-likeness (QED) is 0.184. The fraction of sp³-hybridized carbons (Fsp3) is 0.0455. The van der Waals surface area contributed by atoms with Gasteiger partial charge in [0.25, 0.3) is 5.69 Å². The Morgan fingerprint density at radius 2 is 1.50 bits per heavy atom. The molecule has 0 aliphatic rings. The summed E-state index contributed by atoms with van der Waals surface area (Å²) in [5.41, 5.74) is 1.38. The highest BCUT2D eigenvalue weighted by molar-refractivity contribution is 6.13. The van der Waals surface area contributed by atoms with Gasteiger partial charge in [0, 0.05) is 11.6 Å². The summed E-state index contributed by atoms with van der Waals surface area (Å²) in [5, 5.41) is 19.2. The van der Waals surface area contributed by atoms with Crippen molar-refractivity contribution >= 4 is 39.1 Å². The van der Waals surface area contributed by atoms with Crippen molar-refractivity contribution in [1.29, 1.82) is 0 Å². The van der Waals surface area contributed by atoms with E-state index < -0.39 is 22.4 Å². The second-order valence-corrected chi connectivity index (χ2v) is 6.59. The molecule has 1 N–H and O–H groups in total. The van der Waals surface area contributed by atoms with Crippen molar-refractivity contribution < 1.29 is 18.1 Å². The Morgan fingerprint density at radius 3 is 2.07 bits per heavy atom. The fourth-order valence-electron chi connectivity index (χ4n) is 3.31. The molecular formula is C22H14F3N3O2. The van der Waals surface area contributed by atoms with Crippen LogP contribution in [-0.2, 0) is 6.18 Å². The SMILES string of the molecule is O=[N+]([O-])c1cc(C(F)(F)F)ccc1NN=Cc1c2ccccc2cc2ccccc12. The van der Waals surface area contributed by atoms with Crippen LogP contribution in [-0.4, -0.2) is 11.1 Å². The summed E-state index contributed by atoms with van der Waals surface area (Å²) in [5.74, 6) is 0. The van der Waals surface area contributed by atoms with Crippen LogP contribution in [0.4, 0.5) is 24.5 Å². The van der Waals surface area contributed by atoms with Gasteiger partial charge in [-0.15, -0.1) is 0 Å². The lowest BCUT2D eigenvalue weighted by Crippen LogP contribution is -2.06. The van der Waals surface area contributed by atoms with E-state index in [0.29, 0.717) is 6.07 Å². The molecule has 4 rings (SSSR count). The lowest BCUT2D eigenvalue weighted by molar-refractivity contribution is -0.384. The Kier molecular flexibility index (Phi) is 4.83. The number of anilines is 1. The van der Waals surface area contributed by atoms with Gasteiger partial charge in [-0.2, -0.15) is 18.3 Å². The zero-order chi connectivity index (χ0) is 21.3. The first-order valence-electron chi connectivity index (χ1n) is 8.90. The highest BCUT2D eigenvalue weighted by Crippen LogP contribution is 2.35. The van der Waals surface area contributed by atoms with E-state index in [1.165, 1.54) is 6.21 Å². The first kappa shape index (κ1) is 19.4. The molecule has 0 heterocycles. The maximum absolute atomic E-state index is 12.9. The van der Waals surface area contributed by atoms with Gasteiger partial charge in [0.1, 0.15) is 5.69 Å². The maximum Gasteiger partial charge on any atom is 0.416 e. The molecule has 0 aliphatic carbocycles. The van der Waals surface area contributed by atoms with Crippen LogP contribution in [0.15, 0.2) is 77.9 Å². The summed E-state index contributed by atoms with van der Waals surface area (Å²) >= 11 is 0. The predicted octanol–water partition coefficient (Wildman–Crippen LogP) is 6.37. The average Bonchev–Trinajstić information content (AvgIpc) is 2.72. The first-order valence-corrected chi connectivity index (χ1v) is 8.90.